The summed E-state index contributed by atoms with van der Waals surface area (Å²) in [5.41, 5.74) is 3.38. The highest BCUT2D eigenvalue weighted by atomic mass is 32.1. The van der Waals surface area contributed by atoms with Crippen LogP contribution in [0.15, 0.2) is 91.5 Å². The molecule has 3 aromatic heterocycles. The van der Waals surface area contributed by atoms with Gasteiger partial charge in [-0.05, 0) is 60.2 Å². The van der Waals surface area contributed by atoms with Gasteiger partial charge in [-0.25, -0.2) is 4.39 Å². The van der Waals surface area contributed by atoms with Crippen LogP contribution in [-0.2, 0) is 6.54 Å². The Kier molecular flexibility index (Phi) is 5.18. The Bertz CT molecular complexity index is 1190. The Morgan fingerprint density at radius 2 is 1.84 bits per heavy atom. The zero-order valence-corrected chi connectivity index (χ0v) is 17.4. The van der Waals surface area contributed by atoms with Crippen molar-refractivity contribution in [2.45, 2.75) is 18.6 Å². The van der Waals surface area contributed by atoms with E-state index >= 15 is 0 Å². The van der Waals surface area contributed by atoms with Crippen LogP contribution in [0.1, 0.15) is 29.0 Å². The molecule has 7 heteroatoms. The molecule has 0 saturated carbocycles. The number of hydrogen-bond donors (Lipinski definition) is 1. The molecule has 1 N–H and O–H groups in total. The Balaban J connectivity index is 1.62. The third-order valence-electron chi connectivity index (χ3n) is 5.45. The SMILES string of the molecule is Fc1ccccc1N1C(=S)N[C@H](c2ccccn2)[C@@H]1c1cccn1Cc1cccnc1. The highest BCUT2D eigenvalue weighted by Gasteiger charge is 2.42. The number of benzene rings is 1. The molecule has 1 saturated heterocycles. The number of aromatic nitrogens is 3. The second kappa shape index (κ2) is 8.28. The monoisotopic (exact) mass is 429 g/mol. The molecule has 0 spiro atoms. The van der Waals surface area contributed by atoms with Gasteiger partial charge in [0.1, 0.15) is 11.9 Å². The summed E-state index contributed by atoms with van der Waals surface area (Å²) < 4.78 is 17.0. The van der Waals surface area contributed by atoms with Crippen LogP contribution in [-0.4, -0.2) is 19.6 Å². The smallest absolute Gasteiger partial charge is 0.174 e. The Morgan fingerprint density at radius 1 is 0.968 bits per heavy atom. The zero-order chi connectivity index (χ0) is 21.2. The molecule has 0 unspecified atom stereocenters. The van der Waals surface area contributed by atoms with Crippen molar-refractivity contribution >= 4 is 23.0 Å². The molecular formula is C24H20FN5S. The fourth-order valence-corrected chi connectivity index (χ4v) is 4.43. The first-order valence-electron chi connectivity index (χ1n) is 10.0. The van der Waals surface area contributed by atoms with Gasteiger partial charge in [0.2, 0.25) is 0 Å². The van der Waals surface area contributed by atoms with Crippen molar-refractivity contribution in [3.63, 3.8) is 0 Å². The molecule has 1 aliphatic heterocycles. The van der Waals surface area contributed by atoms with E-state index in [1.165, 1.54) is 6.07 Å². The lowest BCUT2D eigenvalue weighted by Crippen LogP contribution is -2.31. The van der Waals surface area contributed by atoms with Crippen molar-refractivity contribution in [3.8, 4) is 0 Å². The maximum absolute atomic E-state index is 14.8. The second-order valence-electron chi connectivity index (χ2n) is 7.37. The Labute approximate surface area is 185 Å². The number of rotatable bonds is 5. The summed E-state index contributed by atoms with van der Waals surface area (Å²) >= 11 is 5.68. The Morgan fingerprint density at radius 3 is 2.61 bits per heavy atom. The number of anilines is 1. The molecular weight excluding hydrogens is 409 g/mol. The fourth-order valence-electron chi connectivity index (χ4n) is 4.09. The van der Waals surface area contributed by atoms with Crippen LogP contribution in [0.4, 0.5) is 10.1 Å². The van der Waals surface area contributed by atoms with Crippen LogP contribution in [0.3, 0.4) is 0 Å². The first-order valence-corrected chi connectivity index (χ1v) is 10.4. The van der Waals surface area contributed by atoms with E-state index in [0.717, 1.165) is 17.0 Å². The summed E-state index contributed by atoms with van der Waals surface area (Å²) in [6.07, 6.45) is 7.40. The first kappa shape index (κ1) is 19.4. The summed E-state index contributed by atoms with van der Waals surface area (Å²) in [4.78, 5) is 10.6. The molecule has 4 heterocycles. The van der Waals surface area contributed by atoms with Crippen LogP contribution in [0.2, 0.25) is 0 Å². The molecule has 1 fully saturated rings. The fraction of sp³-hybridized carbons (Fsp3) is 0.125. The quantitative estimate of drug-likeness (QED) is 0.468. The van der Waals surface area contributed by atoms with Crippen molar-refractivity contribution < 1.29 is 4.39 Å². The minimum atomic E-state index is -0.316. The number of nitrogens with zero attached hydrogens (tertiary/aromatic N) is 4. The van der Waals surface area contributed by atoms with E-state index in [0.29, 0.717) is 17.3 Å². The van der Waals surface area contributed by atoms with E-state index in [2.05, 4.69) is 25.9 Å². The zero-order valence-electron chi connectivity index (χ0n) is 16.6. The third kappa shape index (κ3) is 3.68. The standard InChI is InChI=1S/C24H20FN5S/c25-18-8-1-2-10-20(18)30-23(22(28-24(30)31)19-9-3-4-13-27-19)21-11-6-14-29(21)16-17-7-5-12-26-15-17/h1-15,22-23H,16H2,(H,28,31)/t22-,23+/m1/s1. The number of hydrogen-bond acceptors (Lipinski definition) is 3. The van der Waals surface area contributed by atoms with Gasteiger partial charge < -0.3 is 14.8 Å². The van der Waals surface area contributed by atoms with Crippen molar-refractivity contribution in [3.05, 3.63) is 114 Å². The molecule has 1 aliphatic rings. The van der Waals surface area contributed by atoms with Crippen molar-refractivity contribution in [1.82, 2.24) is 19.9 Å². The topological polar surface area (TPSA) is 46.0 Å². The summed E-state index contributed by atoms with van der Waals surface area (Å²) in [5, 5.41) is 3.85. The molecule has 4 aromatic rings. The molecule has 31 heavy (non-hydrogen) atoms. The number of nitrogens with one attached hydrogen (secondary N) is 1. The van der Waals surface area contributed by atoms with E-state index in [4.69, 9.17) is 12.2 Å². The number of halogens is 1. The highest BCUT2D eigenvalue weighted by molar-refractivity contribution is 7.80. The average Bonchev–Trinajstić information content (AvgIpc) is 3.39. The maximum Gasteiger partial charge on any atom is 0.174 e. The minimum absolute atomic E-state index is 0.226. The number of thiocarbonyl (C=S) groups is 1. The largest absolute Gasteiger partial charge is 0.351 e. The lowest BCUT2D eigenvalue weighted by Gasteiger charge is -2.29. The minimum Gasteiger partial charge on any atom is -0.351 e. The highest BCUT2D eigenvalue weighted by Crippen LogP contribution is 2.42. The van der Waals surface area contributed by atoms with Crippen LogP contribution in [0.25, 0.3) is 0 Å². The molecule has 154 valence electrons. The van der Waals surface area contributed by atoms with Gasteiger partial charge in [0, 0.05) is 37.0 Å². The molecule has 5 rings (SSSR count). The normalized spacial score (nSPS) is 18.2. The molecule has 5 nitrogen and oxygen atoms in total. The van der Waals surface area contributed by atoms with Gasteiger partial charge in [-0.3, -0.25) is 9.97 Å². The van der Waals surface area contributed by atoms with Crippen LogP contribution < -0.4 is 10.2 Å². The van der Waals surface area contributed by atoms with Crippen LogP contribution in [0.5, 0.6) is 0 Å². The van der Waals surface area contributed by atoms with Gasteiger partial charge in [-0.15, -0.1) is 0 Å². The van der Waals surface area contributed by atoms with Gasteiger partial charge in [-0.1, -0.05) is 24.3 Å². The molecule has 2 atom stereocenters. The van der Waals surface area contributed by atoms with Crippen molar-refractivity contribution in [1.29, 1.82) is 0 Å². The van der Waals surface area contributed by atoms with Gasteiger partial charge in [-0.2, -0.15) is 0 Å². The molecule has 0 bridgehead atoms. The van der Waals surface area contributed by atoms with Gasteiger partial charge in [0.15, 0.2) is 5.11 Å². The predicted molar refractivity (Wildman–Crippen MR) is 122 cm³/mol. The van der Waals surface area contributed by atoms with Crippen molar-refractivity contribution in [2.75, 3.05) is 4.90 Å². The lowest BCUT2D eigenvalue weighted by atomic mass is 10.0. The molecule has 1 aromatic carbocycles. The molecule has 0 aliphatic carbocycles. The molecule has 0 radical (unpaired) electrons. The van der Waals surface area contributed by atoms with Gasteiger partial charge in [0.25, 0.3) is 0 Å². The summed E-state index contributed by atoms with van der Waals surface area (Å²) in [5.74, 6) is -0.316. The van der Waals surface area contributed by atoms with Crippen LogP contribution >= 0.6 is 12.2 Å². The van der Waals surface area contributed by atoms with Gasteiger partial charge in [0.05, 0.1) is 17.4 Å². The summed E-state index contributed by atoms with van der Waals surface area (Å²) in [6, 6.07) is 20.0. The second-order valence-corrected chi connectivity index (χ2v) is 7.76. The van der Waals surface area contributed by atoms with E-state index in [9.17, 15) is 4.39 Å². The van der Waals surface area contributed by atoms with E-state index < -0.39 is 0 Å². The van der Waals surface area contributed by atoms with E-state index in [-0.39, 0.29) is 17.9 Å². The Hall–Kier alpha value is -3.58. The maximum atomic E-state index is 14.8. The summed E-state index contributed by atoms with van der Waals surface area (Å²) in [6.45, 7) is 0.652. The van der Waals surface area contributed by atoms with Crippen LogP contribution in [0, 0.1) is 5.82 Å². The van der Waals surface area contributed by atoms with Crippen molar-refractivity contribution in [2.24, 2.45) is 0 Å². The van der Waals surface area contributed by atoms with E-state index in [1.54, 1.807) is 24.5 Å². The number of pyridine rings is 2. The summed E-state index contributed by atoms with van der Waals surface area (Å²) in [7, 11) is 0. The number of para-hydroxylation sites is 1. The lowest BCUT2D eigenvalue weighted by molar-refractivity contribution is 0.527. The molecule has 0 amide bonds. The third-order valence-corrected chi connectivity index (χ3v) is 5.77. The van der Waals surface area contributed by atoms with E-state index in [1.807, 2.05) is 59.8 Å². The average molecular weight is 430 g/mol. The predicted octanol–water partition coefficient (Wildman–Crippen LogP) is 4.64. The first-order chi connectivity index (χ1) is 15.2. The van der Waals surface area contributed by atoms with Gasteiger partial charge >= 0.3 is 0 Å².